The number of thiazole rings is 1. The van der Waals surface area contributed by atoms with Gasteiger partial charge in [0.1, 0.15) is 0 Å². The molecule has 0 aliphatic rings. The molecule has 0 fully saturated rings. The molecular weight excluding hydrogens is 264 g/mol. The maximum absolute atomic E-state index is 11.3. The molecule has 1 amide bonds. The molecule has 0 unspecified atom stereocenters. The lowest BCUT2D eigenvalue weighted by Crippen LogP contribution is -2.24. The number of carbonyl (C=O) groups excluding carboxylic acids is 1. The van der Waals surface area contributed by atoms with E-state index in [1.54, 1.807) is 18.4 Å². The van der Waals surface area contributed by atoms with Gasteiger partial charge in [0.15, 0.2) is 0 Å². The Balaban J connectivity index is 2.59. The van der Waals surface area contributed by atoms with Gasteiger partial charge >= 0.3 is 0 Å². The van der Waals surface area contributed by atoms with Gasteiger partial charge in [0.25, 0.3) is 5.91 Å². The Hall–Kier alpha value is -0.860. The lowest BCUT2D eigenvalue weighted by molar-refractivity contribution is -0.124. The SMILES string of the molecule is Cc1nc(CN(C)C(=O)C#CBr)cs1. The minimum absolute atomic E-state index is 0.215. The summed E-state index contributed by atoms with van der Waals surface area (Å²) in [7, 11) is 1.70. The first-order valence-electron chi connectivity index (χ1n) is 3.91. The summed E-state index contributed by atoms with van der Waals surface area (Å²) in [6, 6.07) is 0. The summed E-state index contributed by atoms with van der Waals surface area (Å²) in [6.45, 7) is 2.44. The van der Waals surface area contributed by atoms with Crippen LogP contribution in [0.2, 0.25) is 0 Å². The highest BCUT2D eigenvalue weighted by Gasteiger charge is 2.07. The van der Waals surface area contributed by atoms with Crippen LogP contribution in [0.25, 0.3) is 0 Å². The van der Waals surface area contributed by atoms with E-state index in [1.807, 2.05) is 12.3 Å². The van der Waals surface area contributed by atoms with Crippen molar-refractivity contribution in [2.45, 2.75) is 13.5 Å². The standard InChI is InChI=1S/C9H9BrN2OS/c1-7-11-8(6-14-7)5-12(2)9(13)3-4-10/h6H,5H2,1-2H3. The fourth-order valence-electron chi connectivity index (χ4n) is 0.932. The molecule has 0 aliphatic carbocycles. The van der Waals surface area contributed by atoms with Crippen molar-refractivity contribution in [2.75, 3.05) is 7.05 Å². The zero-order valence-electron chi connectivity index (χ0n) is 7.87. The lowest BCUT2D eigenvalue weighted by Gasteiger charge is -2.11. The van der Waals surface area contributed by atoms with E-state index in [1.165, 1.54) is 4.90 Å². The molecule has 3 nitrogen and oxygen atoms in total. The maximum atomic E-state index is 11.3. The Bertz CT molecular complexity index is 391. The number of hydrogen-bond acceptors (Lipinski definition) is 3. The Kier molecular flexibility index (Phi) is 4.11. The Morgan fingerprint density at radius 3 is 3.00 bits per heavy atom. The molecule has 14 heavy (non-hydrogen) atoms. The number of hydrogen-bond donors (Lipinski definition) is 0. The Labute approximate surface area is 95.3 Å². The maximum Gasteiger partial charge on any atom is 0.299 e. The van der Waals surface area contributed by atoms with Gasteiger partial charge in [0.05, 0.1) is 17.2 Å². The number of halogens is 1. The van der Waals surface area contributed by atoms with E-state index < -0.39 is 0 Å². The molecule has 0 spiro atoms. The van der Waals surface area contributed by atoms with Crippen LogP contribution in [-0.4, -0.2) is 22.8 Å². The first-order valence-corrected chi connectivity index (χ1v) is 5.58. The van der Waals surface area contributed by atoms with Gasteiger partial charge in [-0.2, -0.15) is 0 Å². The van der Waals surface area contributed by atoms with Crippen LogP contribution in [0.4, 0.5) is 0 Å². The van der Waals surface area contributed by atoms with Crippen molar-refractivity contribution in [3.05, 3.63) is 16.1 Å². The van der Waals surface area contributed by atoms with Crippen LogP contribution in [0, 0.1) is 17.7 Å². The zero-order chi connectivity index (χ0) is 10.6. The smallest absolute Gasteiger partial charge is 0.299 e. The molecule has 0 N–H and O–H groups in total. The highest BCUT2D eigenvalue weighted by atomic mass is 79.9. The van der Waals surface area contributed by atoms with Crippen LogP contribution in [0.1, 0.15) is 10.7 Å². The van der Waals surface area contributed by atoms with Crippen molar-refractivity contribution in [1.82, 2.24) is 9.88 Å². The molecule has 0 saturated heterocycles. The molecule has 1 rings (SSSR count). The second kappa shape index (κ2) is 5.13. The minimum atomic E-state index is -0.215. The predicted octanol–water partition coefficient (Wildman–Crippen LogP) is 1.77. The molecule has 0 radical (unpaired) electrons. The molecule has 0 bridgehead atoms. The molecule has 5 heteroatoms. The number of aryl methyl sites for hydroxylation is 1. The molecule has 0 aromatic carbocycles. The summed E-state index contributed by atoms with van der Waals surface area (Å²) in [5, 5.41) is 2.95. The van der Waals surface area contributed by atoms with E-state index >= 15 is 0 Å². The van der Waals surface area contributed by atoms with Crippen molar-refractivity contribution >= 4 is 33.2 Å². The third-order valence-corrected chi connectivity index (χ3v) is 2.59. The first-order chi connectivity index (χ1) is 6.63. The van der Waals surface area contributed by atoms with Gasteiger partial charge in [-0.1, -0.05) is 0 Å². The number of aromatic nitrogens is 1. The summed E-state index contributed by atoms with van der Waals surface area (Å²) in [6.07, 6.45) is 0. The number of nitrogens with zero attached hydrogens (tertiary/aromatic N) is 2. The van der Waals surface area contributed by atoms with E-state index in [0.717, 1.165) is 10.7 Å². The van der Waals surface area contributed by atoms with Crippen LogP contribution in [0.3, 0.4) is 0 Å². The Morgan fingerprint density at radius 2 is 2.50 bits per heavy atom. The summed E-state index contributed by atoms with van der Waals surface area (Å²) in [5.41, 5.74) is 0.903. The third kappa shape index (κ3) is 3.13. The van der Waals surface area contributed by atoms with Gasteiger partial charge < -0.3 is 4.90 Å². The summed E-state index contributed by atoms with van der Waals surface area (Å²) >= 11 is 4.46. The predicted molar refractivity (Wildman–Crippen MR) is 60.0 cm³/mol. The fourth-order valence-corrected chi connectivity index (χ4v) is 1.70. The second-order valence-electron chi connectivity index (χ2n) is 2.74. The van der Waals surface area contributed by atoms with Crippen molar-refractivity contribution in [3.8, 4) is 10.8 Å². The van der Waals surface area contributed by atoms with Crippen molar-refractivity contribution < 1.29 is 4.79 Å². The van der Waals surface area contributed by atoms with Crippen LogP contribution < -0.4 is 0 Å². The number of amides is 1. The average Bonchev–Trinajstić information content (AvgIpc) is 2.51. The van der Waals surface area contributed by atoms with Crippen LogP contribution in [0.5, 0.6) is 0 Å². The topological polar surface area (TPSA) is 33.2 Å². The van der Waals surface area contributed by atoms with Crippen LogP contribution in [-0.2, 0) is 11.3 Å². The first kappa shape index (κ1) is 11.2. The van der Waals surface area contributed by atoms with Crippen LogP contribution >= 0.6 is 27.3 Å². The van der Waals surface area contributed by atoms with E-state index in [-0.39, 0.29) is 5.91 Å². The lowest BCUT2D eigenvalue weighted by atomic mass is 10.4. The normalized spacial score (nSPS) is 9.07. The van der Waals surface area contributed by atoms with E-state index in [2.05, 4.69) is 31.7 Å². The molecule has 0 saturated carbocycles. The summed E-state index contributed by atoms with van der Waals surface area (Å²) < 4.78 is 0. The van der Waals surface area contributed by atoms with Gasteiger partial charge in [0, 0.05) is 34.3 Å². The van der Waals surface area contributed by atoms with Gasteiger partial charge in [-0.05, 0) is 11.8 Å². The number of carbonyl (C=O) groups is 1. The molecule has 1 aromatic rings. The van der Waals surface area contributed by atoms with Crippen LogP contribution in [0.15, 0.2) is 5.38 Å². The highest BCUT2D eigenvalue weighted by Crippen LogP contribution is 2.09. The molecule has 1 aromatic heterocycles. The number of rotatable bonds is 2. The van der Waals surface area contributed by atoms with E-state index in [0.29, 0.717) is 6.54 Å². The molecule has 0 atom stereocenters. The van der Waals surface area contributed by atoms with Crippen molar-refractivity contribution in [2.24, 2.45) is 0 Å². The summed E-state index contributed by atoms with van der Waals surface area (Å²) in [5.74, 6) is 2.19. The van der Waals surface area contributed by atoms with E-state index in [9.17, 15) is 4.79 Å². The monoisotopic (exact) mass is 272 g/mol. The molecule has 0 aliphatic heterocycles. The van der Waals surface area contributed by atoms with E-state index in [4.69, 9.17) is 0 Å². The molecule has 1 heterocycles. The Morgan fingerprint density at radius 1 is 1.79 bits per heavy atom. The third-order valence-electron chi connectivity index (χ3n) is 1.57. The zero-order valence-corrected chi connectivity index (χ0v) is 10.3. The van der Waals surface area contributed by atoms with Gasteiger partial charge in [0.2, 0.25) is 0 Å². The largest absolute Gasteiger partial charge is 0.329 e. The van der Waals surface area contributed by atoms with Gasteiger partial charge in [-0.25, -0.2) is 4.98 Å². The average molecular weight is 273 g/mol. The second-order valence-corrected chi connectivity index (χ2v) is 4.20. The molecule has 74 valence electrons. The highest BCUT2D eigenvalue weighted by molar-refractivity contribution is 9.12. The van der Waals surface area contributed by atoms with Gasteiger partial charge in [-0.3, -0.25) is 4.79 Å². The summed E-state index contributed by atoms with van der Waals surface area (Å²) in [4.78, 5) is 19.4. The minimum Gasteiger partial charge on any atom is -0.329 e. The van der Waals surface area contributed by atoms with Crippen molar-refractivity contribution in [3.63, 3.8) is 0 Å². The quantitative estimate of drug-likeness (QED) is 0.769. The molecular formula is C9H9BrN2OS. The van der Waals surface area contributed by atoms with Crippen molar-refractivity contribution in [1.29, 1.82) is 0 Å². The fraction of sp³-hybridized carbons (Fsp3) is 0.333. The van der Waals surface area contributed by atoms with Gasteiger partial charge in [-0.15, -0.1) is 11.3 Å².